The number of rotatable bonds is 5. The molecule has 0 N–H and O–H groups in total. The van der Waals surface area contributed by atoms with Gasteiger partial charge in [0.25, 0.3) is 5.91 Å². The number of hydrogen-bond acceptors (Lipinski definition) is 5. The van der Waals surface area contributed by atoms with Crippen LogP contribution in [0.2, 0.25) is 0 Å². The van der Waals surface area contributed by atoms with E-state index in [9.17, 15) is 9.18 Å². The van der Waals surface area contributed by atoms with E-state index in [1.165, 1.54) is 12.1 Å². The minimum absolute atomic E-state index is 0.0948. The van der Waals surface area contributed by atoms with Crippen molar-refractivity contribution in [2.75, 3.05) is 6.54 Å². The zero-order chi connectivity index (χ0) is 18.8. The number of carbonyl (C=O) groups excluding carboxylic acids is 1. The molecule has 0 bridgehead atoms. The van der Waals surface area contributed by atoms with Gasteiger partial charge in [-0.05, 0) is 31.4 Å². The summed E-state index contributed by atoms with van der Waals surface area (Å²) in [6, 6.07) is 9.53. The number of hydrogen-bond donors (Lipinski definition) is 0. The second-order valence-corrected chi connectivity index (χ2v) is 6.68. The van der Waals surface area contributed by atoms with Crippen LogP contribution in [0.1, 0.15) is 54.2 Å². The van der Waals surface area contributed by atoms with Crippen LogP contribution in [0.5, 0.6) is 0 Å². The fourth-order valence-electron chi connectivity index (χ4n) is 3.48. The number of benzene rings is 1. The molecule has 0 radical (unpaired) electrons. The number of carbonyl (C=O) groups is 1. The maximum Gasteiger partial charge on any atom is 0.293 e. The molecule has 0 unspecified atom stereocenters. The van der Waals surface area contributed by atoms with Gasteiger partial charge in [-0.15, -0.1) is 0 Å². The van der Waals surface area contributed by atoms with Crippen molar-refractivity contribution < 1.29 is 18.2 Å². The average Bonchev–Trinajstić information content (AvgIpc) is 3.42. The first-order chi connectivity index (χ1) is 13.2. The highest BCUT2D eigenvalue weighted by atomic mass is 19.1. The van der Waals surface area contributed by atoms with Gasteiger partial charge < -0.3 is 13.9 Å². The number of nitrogens with zero attached hydrogens (tertiary/aromatic N) is 3. The van der Waals surface area contributed by atoms with E-state index in [1.54, 1.807) is 23.1 Å². The van der Waals surface area contributed by atoms with Gasteiger partial charge in [0.05, 0.1) is 6.04 Å². The molecule has 0 spiro atoms. The molecule has 4 rings (SSSR count). The summed E-state index contributed by atoms with van der Waals surface area (Å²) in [6.45, 7) is 2.68. The highest BCUT2D eigenvalue weighted by molar-refractivity contribution is 5.93. The molecule has 27 heavy (non-hydrogen) atoms. The van der Waals surface area contributed by atoms with Gasteiger partial charge in [-0.25, -0.2) is 4.39 Å². The number of halogens is 1. The summed E-state index contributed by atoms with van der Waals surface area (Å²) < 4.78 is 24.5. The van der Waals surface area contributed by atoms with E-state index >= 15 is 0 Å². The third-order valence-corrected chi connectivity index (χ3v) is 4.80. The molecule has 2 aromatic heterocycles. The molecule has 1 atom stereocenters. The Labute approximate surface area is 155 Å². The fraction of sp³-hybridized carbons (Fsp3) is 0.350. The van der Waals surface area contributed by atoms with Crippen molar-refractivity contribution in [3.8, 4) is 11.3 Å². The van der Waals surface area contributed by atoms with Crippen LogP contribution in [0.15, 0.2) is 45.4 Å². The third-order valence-electron chi connectivity index (χ3n) is 4.80. The molecule has 1 aliphatic rings. The number of likely N-dealkylation sites (tertiary alicyclic amines) is 1. The first-order valence-electron chi connectivity index (χ1n) is 9.15. The van der Waals surface area contributed by atoms with Gasteiger partial charge in [0.1, 0.15) is 23.0 Å². The first kappa shape index (κ1) is 17.5. The predicted octanol–water partition coefficient (Wildman–Crippen LogP) is 4.40. The standard InChI is InChI=1S/C20H20FN3O3/c1-2-6-13-11-17(23-26-13)18-9-5-10-24(18)20(25)19-12-16(22-27-19)14-7-3-4-8-15(14)21/h3-4,7-8,11-12,18H,2,5-6,9-10H2,1H3/t18-/m0/s1. The van der Waals surface area contributed by atoms with E-state index in [-0.39, 0.29) is 17.7 Å². The highest BCUT2D eigenvalue weighted by Crippen LogP contribution is 2.33. The van der Waals surface area contributed by atoms with E-state index in [0.717, 1.165) is 37.1 Å². The summed E-state index contributed by atoms with van der Waals surface area (Å²) in [5, 5.41) is 8.01. The van der Waals surface area contributed by atoms with Gasteiger partial charge in [0, 0.05) is 30.7 Å². The minimum Gasteiger partial charge on any atom is -0.361 e. The first-order valence-corrected chi connectivity index (χ1v) is 9.15. The van der Waals surface area contributed by atoms with Crippen LogP contribution in [0.4, 0.5) is 4.39 Å². The Morgan fingerprint density at radius 2 is 2.11 bits per heavy atom. The molecule has 6 nitrogen and oxygen atoms in total. The Morgan fingerprint density at radius 1 is 1.26 bits per heavy atom. The van der Waals surface area contributed by atoms with Gasteiger partial charge in [-0.3, -0.25) is 4.79 Å². The number of amides is 1. The lowest BCUT2D eigenvalue weighted by Gasteiger charge is -2.21. The maximum absolute atomic E-state index is 13.9. The number of aromatic nitrogens is 2. The molecular formula is C20H20FN3O3. The van der Waals surface area contributed by atoms with E-state index in [2.05, 4.69) is 17.2 Å². The molecule has 1 aromatic carbocycles. The smallest absolute Gasteiger partial charge is 0.293 e. The van der Waals surface area contributed by atoms with Crippen molar-refractivity contribution in [1.82, 2.24) is 15.2 Å². The molecule has 0 saturated carbocycles. The third kappa shape index (κ3) is 3.37. The second kappa shape index (κ2) is 7.34. The van der Waals surface area contributed by atoms with Crippen molar-refractivity contribution in [2.45, 2.75) is 38.6 Å². The summed E-state index contributed by atoms with van der Waals surface area (Å²) >= 11 is 0. The molecule has 1 aliphatic heterocycles. The lowest BCUT2D eigenvalue weighted by molar-refractivity contribution is 0.0688. The van der Waals surface area contributed by atoms with E-state index in [1.807, 2.05) is 6.07 Å². The molecule has 1 amide bonds. The van der Waals surface area contributed by atoms with Crippen LogP contribution in [0.25, 0.3) is 11.3 Å². The Hall–Kier alpha value is -2.96. The van der Waals surface area contributed by atoms with Gasteiger partial charge in [-0.2, -0.15) is 0 Å². The zero-order valence-corrected chi connectivity index (χ0v) is 15.0. The highest BCUT2D eigenvalue weighted by Gasteiger charge is 2.34. The molecule has 0 aliphatic carbocycles. The summed E-state index contributed by atoms with van der Waals surface area (Å²) in [5.41, 5.74) is 1.37. The van der Waals surface area contributed by atoms with Crippen LogP contribution < -0.4 is 0 Å². The summed E-state index contributed by atoms with van der Waals surface area (Å²) in [5.74, 6) is 0.244. The lowest BCUT2D eigenvalue weighted by atomic mass is 10.1. The summed E-state index contributed by atoms with van der Waals surface area (Å²) in [7, 11) is 0. The Bertz CT molecular complexity index is 949. The van der Waals surface area contributed by atoms with Crippen molar-refractivity contribution in [3.05, 3.63) is 59.4 Å². The molecule has 1 saturated heterocycles. The monoisotopic (exact) mass is 369 g/mol. The van der Waals surface area contributed by atoms with Crippen LogP contribution in [0, 0.1) is 5.82 Å². The summed E-state index contributed by atoms with van der Waals surface area (Å²) in [6.07, 6.45) is 3.49. The van der Waals surface area contributed by atoms with Crippen LogP contribution in [-0.4, -0.2) is 27.7 Å². The lowest BCUT2D eigenvalue weighted by Crippen LogP contribution is -2.30. The minimum atomic E-state index is -0.408. The topological polar surface area (TPSA) is 72.4 Å². The van der Waals surface area contributed by atoms with Crippen molar-refractivity contribution >= 4 is 5.91 Å². The quantitative estimate of drug-likeness (QED) is 0.667. The van der Waals surface area contributed by atoms with Crippen molar-refractivity contribution in [1.29, 1.82) is 0 Å². The molecule has 3 heterocycles. The fourth-order valence-corrected chi connectivity index (χ4v) is 3.48. The van der Waals surface area contributed by atoms with Gasteiger partial charge >= 0.3 is 0 Å². The Kier molecular flexibility index (Phi) is 4.75. The van der Waals surface area contributed by atoms with E-state index < -0.39 is 5.82 Å². The molecule has 140 valence electrons. The molecule has 7 heteroatoms. The normalized spacial score (nSPS) is 16.8. The van der Waals surface area contributed by atoms with Crippen LogP contribution >= 0.6 is 0 Å². The van der Waals surface area contributed by atoms with E-state index in [0.29, 0.717) is 17.8 Å². The molecule has 3 aromatic rings. The van der Waals surface area contributed by atoms with Gasteiger partial charge in [0.15, 0.2) is 0 Å². The SMILES string of the molecule is CCCc1cc([C@@H]2CCCN2C(=O)c2cc(-c3ccccc3F)no2)no1. The predicted molar refractivity (Wildman–Crippen MR) is 95.4 cm³/mol. The molecule has 1 fully saturated rings. The maximum atomic E-state index is 13.9. The van der Waals surface area contributed by atoms with E-state index in [4.69, 9.17) is 9.05 Å². The number of aryl methyl sites for hydroxylation is 1. The second-order valence-electron chi connectivity index (χ2n) is 6.68. The van der Waals surface area contributed by atoms with Crippen LogP contribution in [-0.2, 0) is 6.42 Å². The average molecular weight is 369 g/mol. The van der Waals surface area contributed by atoms with Crippen LogP contribution in [0.3, 0.4) is 0 Å². The van der Waals surface area contributed by atoms with Gasteiger partial charge in [-0.1, -0.05) is 29.4 Å². The van der Waals surface area contributed by atoms with Crippen molar-refractivity contribution in [3.63, 3.8) is 0 Å². The largest absolute Gasteiger partial charge is 0.361 e. The molecular weight excluding hydrogens is 349 g/mol. The zero-order valence-electron chi connectivity index (χ0n) is 15.0. The van der Waals surface area contributed by atoms with Crippen molar-refractivity contribution in [2.24, 2.45) is 0 Å². The Morgan fingerprint density at radius 3 is 2.93 bits per heavy atom. The van der Waals surface area contributed by atoms with Gasteiger partial charge in [0.2, 0.25) is 5.76 Å². The Balaban J connectivity index is 1.56. The summed E-state index contributed by atoms with van der Waals surface area (Å²) in [4.78, 5) is 14.7.